The van der Waals surface area contributed by atoms with Gasteiger partial charge in [0, 0.05) is 10.6 Å². The Morgan fingerprint density at radius 2 is 1.66 bits per heavy atom. The molecule has 0 saturated carbocycles. The quantitative estimate of drug-likeness (QED) is 0.596. The Labute approximate surface area is 174 Å². The number of anilines is 2. The van der Waals surface area contributed by atoms with E-state index in [-0.39, 0.29) is 11.8 Å². The van der Waals surface area contributed by atoms with E-state index in [2.05, 4.69) is 5.32 Å². The van der Waals surface area contributed by atoms with Gasteiger partial charge in [-0.05, 0) is 73.5 Å². The lowest BCUT2D eigenvalue weighted by Crippen LogP contribution is -2.33. The number of nitrogens with zero attached hydrogens (tertiary/aromatic N) is 1. The third kappa shape index (κ3) is 3.28. The van der Waals surface area contributed by atoms with Crippen molar-refractivity contribution in [1.29, 1.82) is 0 Å². The summed E-state index contributed by atoms with van der Waals surface area (Å²) in [7, 11) is 0. The maximum atomic E-state index is 13.5. The molecule has 4 rings (SSSR count). The predicted molar refractivity (Wildman–Crippen MR) is 119 cm³/mol. The van der Waals surface area contributed by atoms with E-state index in [0.717, 1.165) is 32.8 Å². The van der Waals surface area contributed by atoms with Gasteiger partial charge in [0.1, 0.15) is 5.70 Å². The van der Waals surface area contributed by atoms with Crippen LogP contribution in [0.5, 0.6) is 0 Å². The molecule has 0 unspecified atom stereocenters. The van der Waals surface area contributed by atoms with E-state index in [1.165, 1.54) is 16.2 Å². The monoisotopic (exact) mass is 402 g/mol. The highest BCUT2D eigenvalue weighted by molar-refractivity contribution is 7.11. The molecular formula is C24H22N2O2S. The third-order valence-electron chi connectivity index (χ3n) is 5.32. The first-order chi connectivity index (χ1) is 13.9. The van der Waals surface area contributed by atoms with Crippen LogP contribution in [0.25, 0.3) is 5.57 Å². The Morgan fingerprint density at radius 1 is 0.862 bits per heavy atom. The molecule has 0 bridgehead atoms. The van der Waals surface area contributed by atoms with Crippen LogP contribution in [0.15, 0.2) is 59.6 Å². The van der Waals surface area contributed by atoms with Gasteiger partial charge in [-0.25, -0.2) is 4.90 Å². The van der Waals surface area contributed by atoms with Gasteiger partial charge in [0.25, 0.3) is 11.8 Å². The minimum atomic E-state index is -0.326. The summed E-state index contributed by atoms with van der Waals surface area (Å²) in [5.74, 6) is -0.619. The van der Waals surface area contributed by atoms with Gasteiger partial charge in [0.15, 0.2) is 0 Å². The van der Waals surface area contributed by atoms with Gasteiger partial charge in [-0.3, -0.25) is 9.59 Å². The van der Waals surface area contributed by atoms with Crippen LogP contribution in [-0.2, 0) is 9.59 Å². The molecule has 0 atom stereocenters. The van der Waals surface area contributed by atoms with Crippen molar-refractivity contribution in [2.24, 2.45) is 0 Å². The molecular weight excluding hydrogens is 380 g/mol. The summed E-state index contributed by atoms with van der Waals surface area (Å²) >= 11 is 1.45. The maximum Gasteiger partial charge on any atom is 0.282 e. The Morgan fingerprint density at radius 3 is 2.38 bits per heavy atom. The number of carbonyl (C=O) groups excluding carboxylic acids is 2. The molecule has 0 fully saturated rings. The van der Waals surface area contributed by atoms with Crippen molar-refractivity contribution in [2.45, 2.75) is 27.7 Å². The summed E-state index contributed by atoms with van der Waals surface area (Å²) in [5.41, 5.74) is 6.27. The van der Waals surface area contributed by atoms with Gasteiger partial charge in [-0.2, -0.15) is 0 Å². The van der Waals surface area contributed by atoms with Gasteiger partial charge < -0.3 is 5.32 Å². The van der Waals surface area contributed by atoms with Crippen molar-refractivity contribution < 1.29 is 9.59 Å². The molecule has 4 nitrogen and oxygen atoms in total. The Balaban J connectivity index is 1.85. The van der Waals surface area contributed by atoms with Gasteiger partial charge in [0.05, 0.1) is 11.3 Å². The lowest BCUT2D eigenvalue weighted by Gasteiger charge is -2.19. The number of hydrogen-bond acceptors (Lipinski definition) is 4. The van der Waals surface area contributed by atoms with Crippen molar-refractivity contribution in [3.63, 3.8) is 0 Å². The van der Waals surface area contributed by atoms with Crippen LogP contribution in [0, 0.1) is 27.7 Å². The Bertz CT molecular complexity index is 1160. The molecule has 0 aliphatic carbocycles. The SMILES string of the molecule is Cc1ccc(C)c(NC2=C(c3cccs3)C(=O)N(c3cccc(C)c3C)C2=O)c1. The molecule has 2 heterocycles. The third-order valence-corrected chi connectivity index (χ3v) is 6.21. The predicted octanol–water partition coefficient (Wildman–Crippen LogP) is 5.38. The van der Waals surface area contributed by atoms with Crippen LogP contribution in [0.2, 0.25) is 0 Å². The highest BCUT2D eigenvalue weighted by Crippen LogP contribution is 2.37. The van der Waals surface area contributed by atoms with E-state index in [4.69, 9.17) is 0 Å². The summed E-state index contributed by atoms with van der Waals surface area (Å²) in [6.45, 7) is 7.90. The van der Waals surface area contributed by atoms with Gasteiger partial charge in [0.2, 0.25) is 0 Å². The fourth-order valence-corrected chi connectivity index (χ4v) is 4.27. The minimum absolute atomic E-state index is 0.293. The van der Waals surface area contributed by atoms with Crippen LogP contribution in [-0.4, -0.2) is 11.8 Å². The molecule has 1 aromatic heterocycles. The molecule has 1 N–H and O–H groups in total. The van der Waals surface area contributed by atoms with E-state index in [9.17, 15) is 9.59 Å². The first-order valence-electron chi connectivity index (χ1n) is 9.46. The zero-order valence-corrected chi connectivity index (χ0v) is 17.7. The second kappa shape index (κ2) is 7.33. The van der Waals surface area contributed by atoms with Crippen LogP contribution in [0.1, 0.15) is 27.1 Å². The van der Waals surface area contributed by atoms with E-state index in [1.807, 2.05) is 81.6 Å². The molecule has 3 aromatic rings. The van der Waals surface area contributed by atoms with Gasteiger partial charge >= 0.3 is 0 Å². The average molecular weight is 403 g/mol. The van der Waals surface area contributed by atoms with Crippen molar-refractivity contribution in [1.82, 2.24) is 0 Å². The molecule has 146 valence electrons. The summed E-state index contributed by atoms with van der Waals surface area (Å²) in [6.07, 6.45) is 0. The molecule has 2 amide bonds. The number of carbonyl (C=O) groups is 2. The van der Waals surface area contributed by atoms with E-state index in [0.29, 0.717) is 17.0 Å². The van der Waals surface area contributed by atoms with Crippen molar-refractivity contribution >= 4 is 40.1 Å². The van der Waals surface area contributed by atoms with Crippen LogP contribution in [0.3, 0.4) is 0 Å². The number of benzene rings is 2. The molecule has 29 heavy (non-hydrogen) atoms. The Hall–Kier alpha value is -3.18. The van der Waals surface area contributed by atoms with E-state index < -0.39 is 0 Å². The lowest BCUT2D eigenvalue weighted by molar-refractivity contribution is -0.120. The first-order valence-corrected chi connectivity index (χ1v) is 10.3. The van der Waals surface area contributed by atoms with E-state index in [1.54, 1.807) is 0 Å². The number of amides is 2. The second-order valence-electron chi connectivity index (χ2n) is 7.34. The van der Waals surface area contributed by atoms with Crippen LogP contribution < -0.4 is 10.2 Å². The normalized spacial score (nSPS) is 14.1. The lowest BCUT2D eigenvalue weighted by atomic mass is 10.1. The Kier molecular flexibility index (Phi) is 4.84. The van der Waals surface area contributed by atoms with Crippen molar-refractivity contribution in [3.05, 3.63) is 86.7 Å². The molecule has 0 radical (unpaired) electrons. The number of nitrogens with one attached hydrogen (secondary N) is 1. The standard InChI is InChI=1S/C24H22N2O2S/c1-14-10-11-16(3)18(13-14)25-22-21(20-9-6-12-29-20)23(27)26(24(22)28)19-8-5-7-15(2)17(19)4/h5-13,25H,1-4H3. The fraction of sp³-hybridized carbons (Fsp3) is 0.167. The molecule has 0 saturated heterocycles. The smallest absolute Gasteiger partial charge is 0.282 e. The highest BCUT2D eigenvalue weighted by atomic mass is 32.1. The summed E-state index contributed by atoms with van der Waals surface area (Å²) < 4.78 is 0. The van der Waals surface area contributed by atoms with Crippen LogP contribution in [0.4, 0.5) is 11.4 Å². The average Bonchev–Trinajstić information content (AvgIpc) is 3.28. The van der Waals surface area contributed by atoms with Crippen molar-refractivity contribution in [2.75, 3.05) is 10.2 Å². The highest BCUT2D eigenvalue weighted by Gasteiger charge is 2.41. The summed E-state index contributed by atoms with van der Waals surface area (Å²) in [6, 6.07) is 15.5. The molecule has 5 heteroatoms. The topological polar surface area (TPSA) is 49.4 Å². The number of rotatable bonds is 4. The summed E-state index contributed by atoms with van der Waals surface area (Å²) in [4.78, 5) is 29.0. The number of thiophene rings is 1. The number of hydrogen-bond donors (Lipinski definition) is 1. The number of aryl methyl sites for hydroxylation is 3. The molecule has 0 spiro atoms. The van der Waals surface area contributed by atoms with Crippen LogP contribution >= 0.6 is 11.3 Å². The zero-order valence-electron chi connectivity index (χ0n) is 16.9. The largest absolute Gasteiger partial charge is 0.350 e. The van der Waals surface area contributed by atoms with E-state index >= 15 is 0 Å². The zero-order chi connectivity index (χ0) is 20.7. The van der Waals surface area contributed by atoms with Gasteiger partial charge in [-0.15, -0.1) is 11.3 Å². The second-order valence-corrected chi connectivity index (χ2v) is 8.28. The van der Waals surface area contributed by atoms with Gasteiger partial charge in [-0.1, -0.05) is 30.3 Å². The molecule has 1 aliphatic rings. The molecule has 1 aliphatic heterocycles. The fourth-order valence-electron chi connectivity index (χ4n) is 3.50. The maximum absolute atomic E-state index is 13.5. The summed E-state index contributed by atoms with van der Waals surface area (Å²) in [5, 5.41) is 5.19. The minimum Gasteiger partial charge on any atom is -0.350 e. The first kappa shape index (κ1) is 19.2. The van der Waals surface area contributed by atoms with Crippen molar-refractivity contribution in [3.8, 4) is 0 Å². The molecule has 2 aromatic carbocycles. The number of imide groups is 1.